The van der Waals surface area contributed by atoms with Crippen molar-refractivity contribution in [2.24, 2.45) is 0 Å². The zero-order valence-corrected chi connectivity index (χ0v) is 11.9. The number of hydrogen-bond acceptors (Lipinski definition) is 3. The highest BCUT2D eigenvalue weighted by atomic mass is 32.1. The molecule has 2 N–H and O–H groups in total. The molecule has 104 valence electrons. The summed E-state index contributed by atoms with van der Waals surface area (Å²) in [7, 11) is 0. The van der Waals surface area contributed by atoms with Gasteiger partial charge in [0.15, 0.2) is 0 Å². The summed E-state index contributed by atoms with van der Waals surface area (Å²) in [6.45, 7) is 2.13. The molecule has 0 fully saturated rings. The molecule has 0 radical (unpaired) electrons. The van der Waals surface area contributed by atoms with Crippen molar-refractivity contribution in [3.8, 4) is 0 Å². The number of carbonyl (C=O) groups excluding carboxylic acids is 2. The minimum Gasteiger partial charge on any atom is -0.350 e. The third-order valence-electron chi connectivity index (χ3n) is 2.80. The van der Waals surface area contributed by atoms with Crippen LogP contribution in [0.3, 0.4) is 0 Å². The van der Waals surface area contributed by atoms with Crippen LogP contribution in [0, 0.1) is 0 Å². The van der Waals surface area contributed by atoms with Crippen LogP contribution in [0.25, 0.3) is 0 Å². The van der Waals surface area contributed by atoms with Crippen molar-refractivity contribution in [2.45, 2.75) is 19.5 Å². The number of nitrogens with one attached hydrogen (secondary N) is 2. The normalized spacial score (nSPS) is 11.7. The first-order chi connectivity index (χ1) is 9.66. The highest BCUT2D eigenvalue weighted by Gasteiger charge is 2.16. The molecule has 1 aromatic carbocycles. The topological polar surface area (TPSA) is 58.2 Å². The predicted molar refractivity (Wildman–Crippen MR) is 79.5 cm³/mol. The molecule has 1 atom stereocenters. The van der Waals surface area contributed by atoms with Gasteiger partial charge >= 0.3 is 0 Å². The Morgan fingerprint density at radius 1 is 1.15 bits per heavy atom. The van der Waals surface area contributed by atoms with Crippen molar-refractivity contribution < 1.29 is 9.59 Å². The minimum atomic E-state index is -0.562. The van der Waals surface area contributed by atoms with Crippen LogP contribution >= 0.6 is 11.3 Å². The molecule has 20 heavy (non-hydrogen) atoms. The molecule has 2 rings (SSSR count). The Kier molecular flexibility index (Phi) is 4.90. The highest BCUT2D eigenvalue weighted by molar-refractivity contribution is 7.12. The van der Waals surface area contributed by atoms with Crippen LogP contribution < -0.4 is 10.6 Å². The van der Waals surface area contributed by atoms with Crippen molar-refractivity contribution in [3.63, 3.8) is 0 Å². The predicted octanol–water partition coefficient (Wildman–Crippen LogP) is 2.18. The Balaban J connectivity index is 1.82. The summed E-state index contributed by atoms with van der Waals surface area (Å²) in [6, 6.07) is 12.6. The molecule has 2 aromatic rings. The minimum absolute atomic E-state index is 0.196. The van der Waals surface area contributed by atoms with E-state index >= 15 is 0 Å². The lowest BCUT2D eigenvalue weighted by molar-refractivity contribution is -0.122. The largest absolute Gasteiger partial charge is 0.350 e. The summed E-state index contributed by atoms with van der Waals surface area (Å²) >= 11 is 1.35. The molecule has 0 saturated carbocycles. The molecule has 0 bridgehead atoms. The van der Waals surface area contributed by atoms with E-state index in [9.17, 15) is 9.59 Å². The van der Waals surface area contributed by atoms with Crippen LogP contribution in [-0.2, 0) is 11.3 Å². The Bertz CT molecular complexity index is 567. The second kappa shape index (κ2) is 6.86. The van der Waals surface area contributed by atoms with Crippen LogP contribution in [0.15, 0.2) is 47.8 Å². The van der Waals surface area contributed by atoms with Crippen molar-refractivity contribution in [2.75, 3.05) is 0 Å². The molecule has 1 unspecified atom stereocenters. The Hall–Kier alpha value is -2.14. The molecular formula is C15H16N2O2S. The van der Waals surface area contributed by atoms with Gasteiger partial charge in [-0.25, -0.2) is 0 Å². The number of rotatable bonds is 5. The van der Waals surface area contributed by atoms with Crippen LogP contribution in [0.2, 0.25) is 0 Å². The number of thiophene rings is 1. The molecule has 0 aliphatic carbocycles. The lowest BCUT2D eigenvalue weighted by Gasteiger charge is -2.13. The van der Waals surface area contributed by atoms with Crippen molar-refractivity contribution in [1.29, 1.82) is 0 Å². The molecule has 1 aromatic heterocycles. The van der Waals surface area contributed by atoms with Gasteiger partial charge in [0, 0.05) is 6.54 Å². The summed E-state index contributed by atoms with van der Waals surface area (Å²) in [4.78, 5) is 24.3. The molecule has 0 spiro atoms. The SMILES string of the molecule is CC(NC(=O)c1cccs1)C(=O)NCc1ccccc1. The highest BCUT2D eigenvalue weighted by Crippen LogP contribution is 2.08. The van der Waals surface area contributed by atoms with Crippen LogP contribution in [-0.4, -0.2) is 17.9 Å². The number of benzene rings is 1. The molecule has 0 aliphatic rings. The van der Waals surface area contributed by atoms with E-state index in [2.05, 4.69) is 10.6 Å². The van der Waals surface area contributed by atoms with E-state index in [4.69, 9.17) is 0 Å². The standard InChI is InChI=1S/C15H16N2O2S/c1-11(17-15(19)13-8-5-9-20-13)14(18)16-10-12-6-3-2-4-7-12/h2-9,11H,10H2,1H3,(H,16,18)(H,17,19). The zero-order valence-electron chi connectivity index (χ0n) is 11.1. The number of carbonyl (C=O) groups is 2. The monoisotopic (exact) mass is 288 g/mol. The maximum absolute atomic E-state index is 11.9. The number of hydrogen-bond donors (Lipinski definition) is 2. The van der Waals surface area contributed by atoms with E-state index in [0.29, 0.717) is 11.4 Å². The summed E-state index contributed by atoms with van der Waals surface area (Å²) in [6.07, 6.45) is 0. The van der Waals surface area contributed by atoms with Gasteiger partial charge in [0.25, 0.3) is 5.91 Å². The summed E-state index contributed by atoms with van der Waals surface area (Å²) in [5, 5.41) is 7.31. The molecule has 5 heteroatoms. The Labute approximate surface area is 121 Å². The fourth-order valence-electron chi connectivity index (χ4n) is 1.68. The molecular weight excluding hydrogens is 272 g/mol. The van der Waals surface area contributed by atoms with Crippen molar-refractivity contribution >= 4 is 23.2 Å². The second-order valence-corrected chi connectivity index (χ2v) is 5.32. The zero-order chi connectivity index (χ0) is 14.4. The Morgan fingerprint density at radius 3 is 2.55 bits per heavy atom. The molecule has 1 heterocycles. The average molecular weight is 288 g/mol. The van der Waals surface area contributed by atoms with Gasteiger partial charge in [-0.3, -0.25) is 9.59 Å². The van der Waals surface area contributed by atoms with Crippen LogP contribution in [0.5, 0.6) is 0 Å². The van der Waals surface area contributed by atoms with Gasteiger partial charge in [0.05, 0.1) is 4.88 Å². The van der Waals surface area contributed by atoms with Gasteiger partial charge in [-0.05, 0) is 23.9 Å². The van der Waals surface area contributed by atoms with Gasteiger partial charge in [-0.2, -0.15) is 0 Å². The first-order valence-electron chi connectivity index (χ1n) is 6.33. The third kappa shape index (κ3) is 3.93. The van der Waals surface area contributed by atoms with Crippen molar-refractivity contribution in [3.05, 3.63) is 58.3 Å². The van der Waals surface area contributed by atoms with Crippen LogP contribution in [0.1, 0.15) is 22.2 Å². The first kappa shape index (κ1) is 14.3. The average Bonchev–Trinajstić information content (AvgIpc) is 3.00. The second-order valence-electron chi connectivity index (χ2n) is 4.38. The quantitative estimate of drug-likeness (QED) is 0.886. The van der Waals surface area contributed by atoms with Crippen LogP contribution in [0.4, 0.5) is 0 Å². The fourth-order valence-corrected chi connectivity index (χ4v) is 2.31. The molecule has 0 saturated heterocycles. The van der Waals surface area contributed by atoms with E-state index < -0.39 is 6.04 Å². The van der Waals surface area contributed by atoms with Gasteiger partial charge in [0.2, 0.25) is 5.91 Å². The lowest BCUT2D eigenvalue weighted by atomic mass is 10.2. The molecule has 2 amide bonds. The van der Waals surface area contributed by atoms with Gasteiger partial charge < -0.3 is 10.6 Å². The van der Waals surface area contributed by atoms with Gasteiger partial charge in [-0.1, -0.05) is 36.4 Å². The van der Waals surface area contributed by atoms with Gasteiger partial charge in [0.1, 0.15) is 6.04 Å². The maximum atomic E-state index is 11.9. The first-order valence-corrected chi connectivity index (χ1v) is 7.21. The smallest absolute Gasteiger partial charge is 0.261 e. The number of amides is 2. The lowest BCUT2D eigenvalue weighted by Crippen LogP contribution is -2.44. The summed E-state index contributed by atoms with van der Waals surface area (Å²) in [5.74, 6) is -0.416. The van der Waals surface area contributed by atoms with E-state index in [-0.39, 0.29) is 11.8 Å². The summed E-state index contributed by atoms with van der Waals surface area (Å²) < 4.78 is 0. The van der Waals surface area contributed by atoms with E-state index in [1.54, 1.807) is 19.1 Å². The third-order valence-corrected chi connectivity index (χ3v) is 3.66. The van der Waals surface area contributed by atoms with E-state index in [1.165, 1.54) is 11.3 Å². The summed E-state index contributed by atoms with van der Waals surface area (Å²) in [5.41, 5.74) is 1.03. The Morgan fingerprint density at radius 2 is 1.90 bits per heavy atom. The van der Waals surface area contributed by atoms with E-state index in [1.807, 2.05) is 35.7 Å². The molecule has 0 aliphatic heterocycles. The van der Waals surface area contributed by atoms with Gasteiger partial charge in [-0.15, -0.1) is 11.3 Å². The van der Waals surface area contributed by atoms with E-state index in [0.717, 1.165) is 5.56 Å². The maximum Gasteiger partial charge on any atom is 0.261 e. The van der Waals surface area contributed by atoms with Crippen molar-refractivity contribution in [1.82, 2.24) is 10.6 Å². The fraction of sp³-hybridized carbons (Fsp3) is 0.200. The molecule has 4 nitrogen and oxygen atoms in total.